The molecular formula is C24H27N3OS. The summed E-state index contributed by atoms with van der Waals surface area (Å²) in [6.07, 6.45) is 5.19. The lowest BCUT2D eigenvalue weighted by molar-refractivity contribution is -0.123. The molecule has 0 bridgehead atoms. The number of hydrogen-bond acceptors (Lipinski definition) is 4. The van der Waals surface area contributed by atoms with E-state index in [0.29, 0.717) is 12.6 Å². The molecule has 1 atom stereocenters. The number of rotatable bonds is 9. The second-order valence-corrected chi connectivity index (χ2v) is 8.51. The van der Waals surface area contributed by atoms with Crippen LogP contribution in [0.4, 0.5) is 0 Å². The molecule has 1 unspecified atom stereocenters. The minimum Gasteiger partial charge on any atom is -0.342 e. The molecule has 1 aliphatic rings. The van der Waals surface area contributed by atoms with Gasteiger partial charge in [-0.1, -0.05) is 61.5 Å². The van der Waals surface area contributed by atoms with Crippen LogP contribution in [0.2, 0.25) is 0 Å². The fourth-order valence-electron chi connectivity index (χ4n) is 3.57. The summed E-state index contributed by atoms with van der Waals surface area (Å²) in [6.45, 7) is 3.39. The highest BCUT2D eigenvalue weighted by Crippen LogP contribution is 2.29. The quantitative estimate of drug-likeness (QED) is 0.567. The number of nitrogens with one attached hydrogen (secondary N) is 1. The van der Waals surface area contributed by atoms with Crippen LogP contribution in [0.1, 0.15) is 47.5 Å². The summed E-state index contributed by atoms with van der Waals surface area (Å²) in [5.74, 6) is 0.0473. The van der Waals surface area contributed by atoms with Gasteiger partial charge in [0.2, 0.25) is 5.91 Å². The predicted molar refractivity (Wildman–Crippen MR) is 118 cm³/mol. The topological polar surface area (TPSA) is 45.2 Å². The number of thiazole rings is 1. The molecule has 1 aliphatic carbocycles. The Morgan fingerprint density at radius 1 is 1.14 bits per heavy atom. The van der Waals surface area contributed by atoms with E-state index in [1.54, 1.807) is 17.5 Å². The Hall–Kier alpha value is -2.50. The molecule has 29 heavy (non-hydrogen) atoms. The zero-order chi connectivity index (χ0) is 20.1. The molecule has 1 amide bonds. The highest BCUT2D eigenvalue weighted by Gasteiger charge is 2.31. The van der Waals surface area contributed by atoms with Crippen LogP contribution >= 0.6 is 11.3 Å². The molecule has 4 rings (SSSR count). The highest BCUT2D eigenvalue weighted by atomic mass is 32.1. The van der Waals surface area contributed by atoms with E-state index >= 15 is 0 Å². The van der Waals surface area contributed by atoms with Crippen LogP contribution < -0.4 is 5.32 Å². The van der Waals surface area contributed by atoms with Gasteiger partial charge in [0.25, 0.3) is 0 Å². The van der Waals surface area contributed by atoms with Crippen LogP contribution in [-0.4, -0.2) is 28.4 Å². The Morgan fingerprint density at radius 2 is 1.86 bits per heavy atom. The van der Waals surface area contributed by atoms with Gasteiger partial charge < -0.3 is 5.32 Å². The van der Waals surface area contributed by atoms with Crippen molar-refractivity contribution in [2.24, 2.45) is 0 Å². The Kier molecular flexibility index (Phi) is 6.37. The lowest BCUT2D eigenvalue weighted by atomic mass is 10.1. The molecule has 0 radical (unpaired) electrons. The third-order valence-corrected chi connectivity index (χ3v) is 6.20. The molecule has 5 heteroatoms. The molecule has 3 aromatic rings. The molecule has 1 saturated carbocycles. The third-order valence-electron chi connectivity index (χ3n) is 5.36. The van der Waals surface area contributed by atoms with Crippen molar-refractivity contribution in [2.75, 3.05) is 6.54 Å². The number of nitrogens with zero attached hydrogens (tertiary/aromatic N) is 2. The van der Waals surface area contributed by atoms with Gasteiger partial charge >= 0.3 is 0 Å². The van der Waals surface area contributed by atoms with Gasteiger partial charge in [0.05, 0.1) is 6.54 Å². The summed E-state index contributed by atoms with van der Waals surface area (Å²) in [7, 11) is 0. The molecular weight excluding hydrogens is 378 g/mol. The van der Waals surface area contributed by atoms with E-state index in [9.17, 15) is 4.79 Å². The van der Waals surface area contributed by atoms with Crippen molar-refractivity contribution in [3.8, 4) is 0 Å². The van der Waals surface area contributed by atoms with Gasteiger partial charge in [-0.3, -0.25) is 9.69 Å². The Morgan fingerprint density at radius 3 is 2.48 bits per heavy atom. The lowest BCUT2D eigenvalue weighted by Gasteiger charge is -2.24. The first-order valence-corrected chi connectivity index (χ1v) is 11.2. The van der Waals surface area contributed by atoms with Gasteiger partial charge in [0, 0.05) is 24.2 Å². The number of carbonyl (C=O) groups is 1. The molecule has 0 spiro atoms. The first kappa shape index (κ1) is 19.8. The number of benzene rings is 2. The minimum atomic E-state index is -0.200. The standard InChI is InChI=1S/C24H27N3OS/c1-2-18-8-10-19(11-9-18)16-27(21-12-13-21)17-22(28)26-23(24-25-14-15-29-24)20-6-4-3-5-7-20/h3-11,14-15,21,23H,2,12-13,16-17H2,1H3,(H,26,28). The van der Waals surface area contributed by atoms with E-state index in [2.05, 4.69) is 46.4 Å². The number of carbonyl (C=O) groups excluding carboxylic acids is 1. The average molecular weight is 406 g/mol. The second kappa shape index (κ2) is 9.33. The Labute approximate surface area is 176 Å². The van der Waals surface area contributed by atoms with Crippen molar-refractivity contribution < 1.29 is 4.79 Å². The summed E-state index contributed by atoms with van der Waals surface area (Å²) < 4.78 is 0. The van der Waals surface area contributed by atoms with Crippen molar-refractivity contribution in [1.82, 2.24) is 15.2 Å². The van der Waals surface area contributed by atoms with E-state index in [-0.39, 0.29) is 11.9 Å². The average Bonchev–Trinajstić information content (AvgIpc) is 3.47. The molecule has 4 nitrogen and oxygen atoms in total. The molecule has 1 aromatic heterocycles. The summed E-state index contributed by atoms with van der Waals surface area (Å²) in [6, 6.07) is 19.1. The Balaban J connectivity index is 1.44. The summed E-state index contributed by atoms with van der Waals surface area (Å²) in [5.41, 5.74) is 3.67. The predicted octanol–water partition coefficient (Wildman–Crippen LogP) is 4.58. The third kappa shape index (κ3) is 5.31. The zero-order valence-electron chi connectivity index (χ0n) is 16.8. The number of aryl methyl sites for hydroxylation is 1. The molecule has 2 aromatic carbocycles. The van der Waals surface area contributed by atoms with E-state index in [1.165, 1.54) is 24.0 Å². The summed E-state index contributed by atoms with van der Waals surface area (Å²) >= 11 is 1.57. The van der Waals surface area contributed by atoms with Crippen LogP contribution in [0.15, 0.2) is 66.2 Å². The van der Waals surface area contributed by atoms with E-state index in [0.717, 1.165) is 23.5 Å². The maximum atomic E-state index is 13.0. The maximum Gasteiger partial charge on any atom is 0.235 e. The van der Waals surface area contributed by atoms with Gasteiger partial charge in [0.1, 0.15) is 11.0 Å². The molecule has 1 heterocycles. The summed E-state index contributed by atoms with van der Waals surface area (Å²) in [4.78, 5) is 19.7. The maximum absolute atomic E-state index is 13.0. The lowest BCUT2D eigenvalue weighted by Crippen LogP contribution is -2.40. The van der Waals surface area contributed by atoms with Crippen LogP contribution in [0.25, 0.3) is 0 Å². The van der Waals surface area contributed by atoms with Gasteiger partial charge in [-0.15, -0.1) is 11.3 Å². The smallest absolute Gasteiger partial charge is 0.235 e. The normalized spacial score (nSPS) is 14.7. The van der Waals surface area contributed by atoms with Crippen LogP contribution in [0.3, 0.4) is 0 Å². The zero-order valence-corrected chi connectivity index (χ0v) is 17.6. The first-order valence-electron chi connectivity index (χ1n) is 10.3. The molecule has 150 valence electrons. The highest BCUT2D eigenvalue weighted by molar-refractivity contribution is 7.09. The van der Waals surface area contributed by atoms with E-state index < -0.39 is 0 Å². The first-order chi connectivity index (χ1) is 14.2. The van der Waals surface area contributed by atoms with Crippen molar-refractivity contribution in [3.63, 3.8) is 0 Å². The number of amides is 1. The van der Waals surface area contributed by atoms with E-state index in [4.69, 9.17) is 0 Å². The fraction of sp³-hybridized carbons (Fsp3) is 0.333. The van der Waals surface area contributed by atoms with Gasteiger partial charge in [-0.05, 0) is 36.0 Å². The monoisotopic (exact) mass is 405 g/mol. The Bertz CT molecular complexity index is 905. The van der Waals surface area contributed by atoms with Gasteiger partial charge in [-0.2, -0.15) is 0 Å². The largest absolute Gasteiger partial charge is 0.342 e. The molecule has 1 fully saturated rings. The number of hydrogen-bond donors (Lipinski definition) is 1. The SMILES string of the molecule is CCc1ccc(CN(CC(=O)NC(c2ccccc2)c2nccs2)C2CC2)cc1. The van der Waals surface area contributed by atoms with E-state index in [1.807, 2.05) is 35.7 Å². The minimum absolute atomic E-state index is 0.0473. The molecule has 0 saturated heterocycles. The van der Waals surface area contributed by atoms with Crippen molar-refractivity contribution >= 4 is 17.2 Å². The van der Waals surface area contributed by atoms with Crippen LogP contribution in [0, 0.1) is 0 Å². The van der Waals surface area contributed by atoms with Crippen molar-refractivity contribution in [2.45, 2.75) is 44.8 Å². The second-order valence-electron chi connectivity index (χ2n) is 7.59. The van der Waals surface area contributed by atoms with Crippen LogP contribution in [-0.2, 0) is 17.8 Å². The van der Waals surface area contributed by atoms with Crippen molar-refractivity contribution in [1.29, 1.82) is 0 Å². The van der Waals surface area contributed by atoms with Gasteiger partial charge in [0.15, 0.2) is 0 Å². The fourth-order valence-corrected chi connectivity index (χ4v) is 4.28. The summed E-state index contributed by atoms with van der Waals surface area (Å²) in [5, 5.41) is 6.09. The van der Waals surface area contributed by atoms with Gasteiger partial charge in [-0.25, -0.2) is 4.98 Å². The van der Waals surface area contributed by atoms with Crippen molar-refractivity contribution in [3.05, 3.63) is 87.9 Å². The molecule has 1 N–H and O–H groups in total. The van der Waals surface area contributed by atoms with Crippen LogP contribution in [0.5, 0.6) is 0 Å². The number of aromatic nitrogens is 1. The molecule has 0 aliphatic heterocycles.